The van der Waals surface area contributed by atoms with Crippen molar-refractivity contribution in [2.24, 2.45) is 0 Å². The maximum Gasteiger partial charge on any atom is 0.0522 e. The van der Waals surface area contributed by atoms with Crippen molar-refractivity contribution < 1.29 is 0 Å². The zero-order valence-electron chi connectivity index (χ0n) is 7.80. The normalized spacial score (nSPS) is 13.3. The summed E-state index contributed by atoms with van der Waals surface area (Å²) in [5.74, 6) is 0. The van der Waals surface area contributed by atoms with Gasteiger partial charge in [0.1, 0.15) is 0 Å². The molecule has 1 aromatic carbocycles. The Morgan fingerprint density at radius 3 is 2.31 bits per heavy atom. The number of likely N-dealkylation sites (N-methyl/N-ethyl adjacent to an activating group) is 1. The molecule has 0 spiro atoms. The molecule has 0 fully saturated rings. The summed E-state index contributed by atoms with van der Waals surface area (Å²) < 4.78 is 1.28. The van der Waals surface area contributed by atoms with Crippen molar-refractivity contribution in [3.63, 3.8) is 0 Å². The van der Waals surface area contributed by atoms with E-state index in [2.05, 4.69) is 81.8 Å². The Morgan fingerprint density at radius 2 is 1.85 bits per heavy atom. The van der Waals surface area contributed by atoms with Gasteiger partial charge in [-0.05, 0) is 54.4 Å². The van der Waals surface area contributed by atoms with Crippen LogP contribution >= 0.6 is 38.5 Å². The van der Waals surface area contributed by atoms with E-state index in [0.717, 1.165) is 6.54 Å². The molecule has 1 rings (SSSR count). The lowest BCUT2D eigenvalue weighted by atomic mass is 10.1. The van der Waals surface area contributed by atoms with Crippen LogP contribution in [0, 0.1) is 3.57 Å². The van der Waals surface area contributed by atoms with Gasteiger partial charge in [0.05, 0.1) is 4.83 Å². The molecule has 0 amide bonds. The molecular weight excluding hydrogens is 341 g/mol. The maximum absolute atomic E-state index is 3.67. The van der Waals surface area contributed by atoms with E-state index in [4.69, 9.17) is 0 Å². The van der Waals surface area contributed by atoms with Crippen molar-refractivity contribution >= 4 is 38.5 Å². The van der Waals surface area contributed by atoms with E-state index in [9.17, 15) is 0 Å². The molecule has 72 valence electrons. The van der Waals surface area contributed by atoms with Gasteiger partial charge in [0, 0.05) is 10.1 Å². The number of rotatable bonds is 3. The predicted octanol–water partition coefficient (Wildman–Crippen LogP) is 3.29. The predicted molar refractivity (Wildman–Crippen MR) is 69.4 cm³/mol. The highest BCUT2D eigenvalue weighted by molar-refractivity contribution is 14.1. The second-order valence-corrected chi connectivity index (χ2v) is 5.63. The second kappa shape index (κ2) is 5.32. The lowest BCUT2D eigenvalue weighted by molar-refractivity contribution is 0.412. The molecule has 0 bridgehead atoms. The topological polar surface area (TPSA) is 3.24 Å². The molecule has 1 atom stereocenters. The number of benzene rings is 1. The summed E-state index contributed by atoms with van der Waals surface area (Å²) in [7, 11) is 4.17. The lowest BCUT2D eigenvalue weighted by Crippen LogP contribution is -2.16. The van der Waals surface area contributed by atoms with Crippen molar-refractivity contribution in [1.82, 2.24) is 4.90 Å². The molecule has 0 aliphatic carbocycles. The fourth-order valence-electron chi connectivity index (χ4n) is 1.10. The molecule has 1 aromatic rings. The monoisotopic (exact) mass is 353 g/mol. The first-order chi connectivity index (χ1) is 6.09. The van der Waals surface area contributed by atoms with Crippen LogP contribution in [0.1, 0.15) is 10.4 Å². The molecule has 0 aliphatic rings. The fourth-order valence-corrected chi connectivity index (χ4v) is 2.34. The van der Waals surface area contributed by atoms with Gasteiger partial charge in [0.15, 0.2) is 0 Å². The highest BCUT2D eigenvalue weighted by Gasteiger charge is 2.07. The average Bonchev–Trinajstić information content (AvgIpc) is 2.04. The molecule has 0 aliphatic heterocycles. The molecule has 0 heterocycles. The van der Waals surface area contributed by atoms with E-state index >= 15 is 0 Å². The Labute approximate surface area is 102 Å². The van der Waals surface area contributed by atoms with Crippen LogP contribution in [0.4, 0.5) is 0 Å². The van der Waals surface area contributed by atoms with E-state index in [-0.39, 0.29) is 0 Å². The highest BCUT2D eigenvalue weighted by atomic mass is 127. The van der Waals surface area contributed by atoms with Crippen molar-refractivity contribution in [3.05, 3.63) is 33.4 Å². The zero-order valence-corrected chi connectivity index (χ0v) is 11.5. The summed E-state index contributed by atoms with van der Waals surface area (Å²) in [6.45, 7) is 1.03. The minimum atomic E-state index is 0.430. The summed E-state index contributed by atoms with van der Waals surface area (Å²) in [4.78, 5) is 2.61. The van der Waals surface area contributed by atoms with Crippen molar-refractivity contribution in [2.75, 3.05) is 20.6 Å². The average molecular weight is 354 g/mol. The zero-order chi connectivity index (χ0) is 9.84. The summed E-state index contributed by atoms with van der Waals surface area (Å²) in [5.41, 5.74) is 1.34. The Balaban J connectivity index is 2.66. The summed E-state index contributed by atoms with van der Waals surface area (Å²) in [5, 5.41) is 0. The van der Waals surface area contributed by atoms with E-state index in [1.807, 2.05) is 0 Å². The van der Waals surface area contributed by atoms with Crippen LogP contribution in [-0.4, -0.2) is 25.5 Å². The van der Waals surface area contributed by atoms with Crippen LogP contribution in [-0.2, 0) is 0 Å². The van der Waals surface area contributed by atoms with Gasteiger partial charge < -0.3 is 4.90 Å². The Morgan fingerprint density at radius 1 is 1.31 bits per heavy atom. The van der Waals surface area contributed by atoms with Gasteiger partial charge in [-0.25, -0.2) is 0 Å². The molecule has 1 unspecified atom stereocenters. The quantitative estimate of drug-likeness (QED) is 0.595. The number of alkyl halides is 1. The molecule has 3 heteroatoms. The molecule has 0 radical (unpaired) electrons. The van der Waals surface area contributed by atoms with Crippen LogP contribution in [0.15, 0.2) is 24.3 Å². The number of halogens is 2. The minimum absolute atomic E-state index is 0.430. The SMILES string of the molecule is CN(C)CC(Br)c1ccc(I)cc1. The minimum Gasteiger partial charge on any atom is -0.308 e. The fraction of sp³-hybridized carbons (Fsp3) is 0.400. The van der Waals surface area contributed by atoms with Gasteiger partial charge >= 0.3 is 0 Å². The molecule has 0 saturated heterocycles. The third-order valence-corrected chi connectivity index (χ3v) is 3.29. The van der Waals surface area contributed by atoms with E-state index in [1.54, 1.807) is 0 Å². The van der Waals surface area contributed by atoms with Gasteiger partial charge in [0.2, 0.25) is 0 Å². The van der Waals surface area contributed by atoms with Gasteiger partial charge in [-0.2, -0.15) is 0 Å². The maximum atomic E-state index is 3.67. The number of nitrogens with zero attached hydrogens (tertiary/aromatic N) is 1. The van der Waals surface area contributed by atoms with Crippen molar-refractivity contribution in [3.8, 4) is 0 Å². The number of hydrogen-bond donors (Lipinski definition) is 0. The molecular formula is C10H13BrIN. The van der Waals surface area contributed by atoms with E-state index in [1.165, 1.54) is 9.13 Å². The molecule has 0 aromatic heterocycles. The summed E-state index contributed by atoms with van der Waals surface area (Å²) >= 11 is 5.99. The van der Waals surface area contributed by atoms with Gasteiger partial charge in [0.25, 0.3) is 0 Å². The number of hydrogen-bond acceptors (Lipinski definition) is 1. The van der Waals surface area contributed by atoms with Gasteiger partial charge in [-0.1, -0.05) is 28.1 Å². The third kappa shape index (κ3) is 3.95. The van der Waals surface area contributed by atoms with Crippen LogP contribution < -0.4 is 0 Å². The van der Waals surface area contributed by atoms with Crippen molar-refractivity contribution in [1.29, 1.82) is 0 Å². The van der Waals surface area contributed by atoms with Crippen LogP contribution in [0.2, 0.25) is 0 Å². The third-order valence-electron chi connectivity index (χ3n) is 1.76. The standard InChI is InChI=1S/C10H13BrIN/c1-13(2)7-10(11)8-3-5-9(12)6-4-8/h3-6,10H,7H2,1-2H3. The largest absolute Gasteiger partial charge is 0.308 e. The van der Waals surface area contributed by atoms with Gasteiger partial charge in [-0.3, -0.25) is 0 Å². The Hall–Kier alpha value is 0.390. The first-order valence-corrected chi connectivity index (χ1v) is 6.13. The van der Waals surface area contributed by atoms with Gasteiger partial charge in [-0.15, -0.1) is 0 Å². The van der Waals surface area contributed by atoms with Crippen LogP contribution in [0.5, 0.6) is 0 Å². The van der Waals surface area contributed by atoms with Crippen LogP contribution in [0.3, 0.4) is 0 Å². The molecule has 13 heavy (non-hydrogen) atoms. The Kier molecular flexibility index (Phi) is 4.69. The second-order valence-electron chi connectivity index (χ2n) is 3.28. The first kappa shape index (κ1) is 11.5. The van der Waals surface area contributed by atoms with Crippen LogP contribution in [0.25, 0.3) is 0 Å². The molecule has 1 nitrogen and oxygen atoms in total. The highest BCUT2D eigenvalue weighted by Crippen LogP contribution is 2.23. The van der Waals surface area contributed by atoms with E-state index in [0.29, 0.717) is 4.83 Å². The lowest BCUT2D eigenvalue weighted by Gasteiger charge is -2.15. The smallest absolute Gasteiger partial charge is 0.0522 e. The van der Waals surface area contributed by atoms with E-state index < -0.39 is 0 Å². The molecule has 0 N–H and O–H groups in total. The Bertz CT molecular complexity index is 258. The van der Waals surface area contributed by atoms with Crippen molar-refractivity contribution in [2.45, 2.75) is 4.83 Å². The molecule has 0 saturated carbocycles. The summed E-state index contributed by atoms with van der Waals surface area (Å²) in [6.07, 6.45) is 0. The first-order valence-electron chi connectivity index (χ1n) is 4.14. The summed E-state index contributed by atoms with van der Waals surface area (Å²) in [6, 6.07) is 8.62.